The minimum Gasteiger partial charge on any atom is -0.493 e. The SMILES string of the molecule is Cc1c2c(c(C(N)CCC(=O)O)c3c1OCC3)OCC2. The smallest absolute Gasteiger partial charge is 0.303 e. The Labute approximate surface area is 117 Å². The van der Waals surface area contributed by atoms with Gasteiger partial charge in [-0.3, -0.25) is 4.79 Å². The second-order valence-corrected chi connectivity index (χ2v) is 5.39. The van der Waals surface area contributed by atoms with Gasteiger partial charge in [0.25, 0.3) is 0 Å². The van der Waals surface area contributed by atoms with E-state index in [0.717, 1.165) is 41.0 Å². The minimum atomic E-state index is -0.821. The number of carbonyl (C=O) groups is 1. The molecule has 3 rings (SSSR count). The average molecular weight is 277 g/mol. The van der Waals surface area contributed by atoms with Gasteiger partial charge in [-0.15, -0.1) is 0 Å². The van der Waals surface area contributed by atoms with E-state index in [2.05, 4.69) is 6.92 Å². The van der Waals surface area contributed by atoms with Gasteiger partial charge in [-0.2, -0.15) is 0 Å². The highest BCUT2D eigenvalue weighted by Crippen LogP contribution is 2.46. The fourth-order valence-electron chi connectivity index (χ4n) is 3.19. The molecule has 1 atom stereocenters. The Hall–Kier alpha value is -1.75. The van der Waals surface area contributed by atoms with E-state index in [0.29, 0.717) is 19.6 Å². The third-order valence-corrected chi connectivity index (χ3v) is 4.15. The van der Waals surface area contributed by atoms with Crippen molar-refractivity contribution < 1.29 is 19.4 Å². The lowest BCUT2D eigenvalue weighted by Gasteiger charge is -2.20. The Balaban J connectivity index is 2.04. The molecule has 1 aromatic rings. The summed E-state index contributed by atoms with van der Waals surface area (Å²) in [7, 11) is 0. The van der Waals surface area contributed by atoms with Crippen LogP contribution in [0, 0.1) is 6.92 Å². The summed E-state index contributed by atoms with van der Waals surface area (Å²) in [6.45, 7) is 3.39. The molecule has 2 aliphatic heterocycles. The fourth-order valence-corrected chi connectivity index (χ4v) is 3.19. The van der Waals surface area contributed by atoms with Gasteiger partial charge in [-0.1, -0.05) is 0 Å². The lowest BCUT2D eigenvalue weighted by molar-refractivity contribution is -0.137. The number of nitrogens with two attached hydrogens (primary N) is 1. The van der Waals surface area contributed by atoms with Crippen LogP contribution < -0.4 is 15.2 Å². The number of ether oxygens (including phenoxy) is 2. The van der Waals surface area contributed by atoms with Crippen LogP contribution in [-0.4, -0.2) is 24.3 Å². The van der Waals surface area contributed by atoms with Gasteiger partial charge >= 0.3 is 5.97 Å². The van der Waals surface area contributed by atoms with Crippen LogP contribution in [0.3, 0.4) is 0 Å². The second-order valence-electron chi connectivity index (χ2n) is 5.39. The van der Waals surface area contributed by atoms with E-state index < -0.39 is 5.97 Å². The maximum Gasteiger partial charge on any atom is 0.303 e. The van der Waals surface area contributed by atoms with Crippen LogP contribution in [0.5, 0.6) is 11.5 Å². The fraction of sp³-hybridized carbons (Fsp3) is 0.533. The van der Waals surface area contributed by atoms with E-state index in [1.165, 1.54) is 5.56 Å². The summed E-state index contributed by atoms with van der Waals surface area (Å²) in [4.78, 5) is 10.7. The van der Waals surface area contributed by atoms with E-state index in [1.54, 1.807) is 0 Å². The van der Waals surface area contributed by atoms with E-state index >= 15 is 0 Å². The van der Waals surface area contributed by atoms with Crippen LogP contribution in [-0.2, 0) is 17.6 Å². The number of aliphatic carboxylic acids is 1. The molecule has 2 aliphatic rings. The Morgan fingerprint density at radius 2 is 1.90 bits per heavy atom. The minimum absolute atomic E-state index is 0.0689. The number of benzene rings is 1. The van der Waals surface area contributed by atoms with Crippen molar-refractivity contribution in [2.24, 2.45) is 5.73 Å². The highest BCUT2D eigenvalue weighted by atomic mass is 16.5. The Kier molecular flexibility index (Phi) is 3.30. The van der Waals surface area contributed by atoms with Gasteiger partial charge in [0, 0.05) is 42.0 Å². The summed E-state index contributed by atoms with van der Waals surface area (Å²) in [6.07, 6.45) is 2.18. The van der Waals surface area contributed by atoms with E-state index in [-0.39, 0.29) is 12.5 Å². The highest BCUT2D eigenvalue weighted by molar-refractivity contribution is 5.67. The van der Waals surface area contributed by atoms with Crippen LogP contribution in [0.4, 0.5) is 0 Å². The number of carboxylic acids is 1. The van der Waals surface area contributed by atoms with Crippen LogP contribution >= 0.6 is 0 Å². The molecule has 0 spiro atoms. The zero-order chi connectivity index (χ0) is 14.3. The monoisotopic (exact) mass is 277 g/mol. The van der Waals surface area contributed by atoms with Crippen molar-refractivity contribution in [3.05, 3.63) is 22.3 Å². The molecule has 0 amide bonds. The molecule has 0 fully saturated rings. The molecule has 0 aromatic heterocycles. The zero-order valence-corrected chi connectivity index (χ0v) is 11.6. The van der Waals surface area contributed by atoms with Crippen LogP contribution in [0.2, 0.25) is 0 Å². The van der Waals surface area contributed by atoms with Crippen molar-refractivity contribution in [2.45, 2.75) is 38.6 Å². The predicted molar refractivity (Wildman–Crippen MR) is 73.4 cm³/mol. The highest BCUT2D eigenvalue weighted by Gasteiger charge is 2.31. The third-order valence-electron chi connectivity index (χ3n) is 4.15. The van der Waals surface area contributed by atoms with Crippen LogP contribution in [0.1, 0.15) is 41.1 Å². The standard InChI is InChI=1S/C15H19NO4/c1-8-9-4-6-20-15(9)13(10-5-7-19-14(8)10)11(16)2-3-12(17)18/h11H,2-7,16H2,1H3,(H,17,18). The largest absolute Gasteiger partial charge is 0.493 e. The molecule has 5 heteroatoms. The normalized spacial score (nSPS) is 17.1. The summed E-state index contributed by atoms with van der Waals surface area (Å²) in [5.74, 6) is 0.998. The van der Waals surface area contributed by atoms with Gasteiger partial charge in [0.05, 0.1) is 13.2 Å². The molecule has 1 aromatic carbocycles. The van der Waals surface area contributed by atoms with E-state index in [4.69, 9.17) is 20.3 Å². The molecular formula is C15H19NO4. The molecule has 108 valence electrons. The molecule has 0 aliphatic carbocycles. The Morgan fingerprint density at radius 1 is 1.25 bits per heavy atom. The first-order valence-electron chi connectivity index (χ1n) is 7.00. The summed E-state index contributed by atoms with van der Waals surface area (Å²) >= 11 is 0. The van der Waals surface area contributed by atoms with Crippen molar-refractivity contribution in [3.63, 3.8) is 0 Å². The Morgan fingerprint density at radius 3 is 2.60 bits per heavy atom. The average Bonchev–Trinajstić information content (AvgIpc) is 3.05. The molecular weight excluding hydrogens is 258 g/mol. The number of fused-ring (bicyclic) bond motifs is 2. The van der Waals surface area contributed by atoms with Crippen LogP contribution in [0.25, 0.3) is 0 Å². The van der Waals surface area contributed by atoms with E-state index in [9.17, 15) is 4.79 Å². The molecule has 3 N–H and O–H groups in total. The van der Waals surface area contributed by atoms with E-state index in [1.807, 2.05) is 0 Å². The van der Waals surface area contributed by atoms with Gasteiger partial charge in [0.2, 0.25) is 0 Å². The number of rotatable bonds is 4. The number of hydrogen-bond donors (Lipinski definition) is 2. The molecule has 0 bridgehead atoms. The van der Waals surface area contributed by atoms with Gasteiger partial charge in [0.1, 0.15) is 11.5 Å². The summed E-state index contributed by atoms with van der Waals surface area (Å²) in [5.41, 5.74) is 10.6. The molecule has 0 saturated carbocycles. The summed E-state index contributed by atoms with van der Waals surface area (Å²) in [6, 6.07) is -0.311. The van der Waals surface area contributed by atoms with Crippen molar-refractivity contribution in [1.82, 2.24) is 0 Å². The number of hydrogen-bond acceptors (Lipinski definition) is 4. The molecule has 20 heavy (non-hydrogen) atoms. The maximum atomic E-state index is 10.7. The second kappa shape index (κ2) is 4.98. The van der Waals surface area contributed by atoms with Crippen molar-refractivity contribution in [2.75, 3.05) is 13.2 Å². The van der Waals surface area contributed by atoms with Crippen molar-refractivity contribution in [1.29, 1.82) is 0 Å². The quantitative estimate of drug-likeness (QED) is 0.876. The van der Waals surface area contributed by atoms with Crippen molar-refractivity contribution in [3.8, 4) is 11.5 Å². The van der Waals surface area contributed by atoms with Gasteiger partial charge in [-0.05, 0) is 18.9 Å². The van der Waals surface area contributed by atoms with Crippen LogP contribution in [0.15, 0.2) is 0 Å². The lowest BCUT2D eigenvalue weighted by Crippen LogP contribution is -2.15. The topological polar surface area (TPSA) is 81.8 Å². The molecule has 5 nitrogen and oxygen atoms in total. The van der Waals surface area contributed by atoms with Gasteiger partial charge < -0.3 is 20.3 Å². The predicted octanol–water partition coefficient (Wildman–Crippen LogP) is 1.73. The zero-order valence-electron chi connectivity index (χ0n) is 11.6. The van der Waals surface area contributed by atoms with Crippen molar-refractivity contribution >= 4 is 5.97 Å². The first-order valence-corrected chi connectivity index (χ1v) is 7.00. The molecule has 0 radical (unpaired) electrons. The maximum absolute atomic E-state index is 10.7. The molecule has 2 heterocycles. The summed E-state index contributed by atoms with van der Waals surface area (Å²) in [5, 5.41) is 8.83. The third kappa shape index (κ3) is 2.02. The first kappa shape index (κ1) is 13.2. The first-order chi connectivity index (χ1) is 9.59. The molecule has 0 saturated heterocycles. The molecule has 1 unspecified atom stereocenters. The van der Waals surface area contributed by atoms with Gasteiger partial charge in [-0.25, -0.2) is 0 Å². The summed E-state index contributed by atoms with van der Waals surface area (Å²) < 4.78 is 11.5. The lowest BCUT2D eigenvalue weighted by atomic mass is 9.89. The Bertz CT molecular complexity index is 532. The van der Waals surface area contributed by atoms with Gasteiger partial charge in [0.15, 0.2) is 0 Å². The number of carboxylic acid groups (broad SMARTS) is 1.